The summed E-state index contributed by atoms with van der Waals surface area (Å²) < 4.78 is 13.3. The van der Waals surface area contributed by atoms with Crippen LogP contribution in [0.5, 0.6) is 5.75 Å². The van der Waals surface area contributed by atoms with Gasteiger partial charge >= 0.3 is 0 Å². The molecule has 0 aliphatic carbocycles. The molecule has 1 aromatic carbocycles. The van der Waals surface area contributed by atoms with Gasteiger partial charge in [-0.05, 0) is 44.0 Å². The van der Waals surface area contributed by atoms with Crippen molar-refractivity contribution in [2.75, 3.05) is 19.6 Å². The van der Waals surface area contributed by atoms with Gasteiger partial charge in [0.05, 0.1) is 5.56 Å². The van der Waals surface area contributed by atoms with E-state index in [-0.39, 0.29) is 23.3 Å². The van der Waals surface area contributed by atoms with Crippen molar-refractivity contribution in [3.05, 3.63) is 29.6 Å². The van der Waals surface area contributed by atoms with Gasteiger partial charge in [-0.1, -0.05) is 13.3 Å². The Morgan fingerprint density at radius 3 is 2.95 bits per heavy atom. The van der Waals surface area contributed by atoms with Crippen LogP contribution in [-0.4, -0.2) is 41.6 Å². The van der Waals surface area contributed by atoms with Crippen LogP contribution in [0.2, 0.25) is 0 Å². The van der Waals surface area contributed by atoms with Crippen molar-refractivity contribution in [3.63, 3.8) is 0 Å². The minimum Gasteiger partial charge on any atom is -0.507 e. The number of nitrogens with zero attached hydrogens (tertiary/aromatic N) is 1. The molecule has 0 bridgehead atoms. The molecule has 1 aliphatic rings. The zero-order valence-corrected chi connectivity index (χ0v) is 12.4. The smallest absolute Gasteiger partial charge is 0.257 e. The first-order valence-corrected chi connectivity index (χ1v) is 7.63. The van der Waals surface area contributed by atoms with Crippen LogP contribution in [0.25, 0.3) is 0 Å². The Morgan fingerprint density at radius 2 is 2.29 bits per heavy atom. The van der Waals surface area contributed by atoms with E-state index in [2.05, 4.69) is 5.32 Å². The van der Waals surface area contributed by atoms with E-state index in [1.165, 1.54) is 12.5 Å². The number of halogens is 1. The van der Waals surface area contributed by atoms with Gasteiger partial charge in [0, 0.05) is 19.1 Å². The lowest BCUT2D eigenvalue weighted by Crippen LogP contribution is -2.46. The van der Waals surface area contributed by atoms with Gasteiger partial charge in [0.25, 0.3) is 5.91 Å². The Morgan fingerprint density at radius 1 is 1.48 bits per heavy atom. The van der Waals surface area contributed by atoms with E-state index >= 15 is 0 Å². The van der Waals surface area contributed by atoms with Gasteiger partial charge < -0.3 is 15.3 Å². The summed E-state index contributed by atoms with van der Waals surface area (Å²) >= 11 is 0. The highest BCUT2D eigenvalue weighted by molar-refractivity contribution is 5.96. The Bertz CT molecular complexity index is 487. The first-order chi connectivity index (χ1) is 10.1. The number of nitrogens with one attached hydrogen (secondary N) is 1. The number of carbonyl (C=O) groups is 1. The van der Waals surface area contributed by atoms with Crippen molar-refractivity contribution >= 4 is 5.91 Å². The molecule has 1 heterocycles. The summed E-state index contributed by atoms with van der Waals surface area (Å²) in [5, 5.41) is 13.2. The highest BCUT2D eigenvalue weighted by Gasteiger charge is 2.23. The van der Waals surface area contributed by atoms with E-state index in [9.17, 15) is 14.3 Å². The molecule has 1 aromatic rings. The summed E-state index contributed by atoms with van der Waals surface area (Å²) in [7, 11) is 0. The summed E-state index contributed by atoms with van der Waals surface area (Å²) in [5.41, 5.74) is 0.0410. The molecular weight excluding hydrogens is 271 g/mol. The summed E-state index contributed by atoms with van der Waals surface area (Å²) in [4.78, 5) is 14.3. The average molecular weight is 294 g/mol. The SMILES string of the molecule is CCCN(CC1CCCCN1)C(=O)c1cc(F)ccc1O. The Labute approximate surface area is 125 Å². The highest BCUT2D eigenvalue weighted by Crippen LogP contribution is 2.21. The number of piperidine rings is 1. The molecule has 0 spiro atoms. The fraction of sp³-hybridized carbons (Fsp3) is 0.562. The lowest BCUT2D eigenvalue weighted by Gasteiger charge is -2.30. The molecule has 5 heteroatoms. The average Bonchev–Trinajstić information content (AvgIpc) is 2.49. The van der Waals surface area contributed by atoms with E-state index < -0.39 is 5.82 Å². The third-order valence-electron chi connectivity index (χ3n) is 3.82. The van der Waals surface area contributed by atoms with Crippen molar-refractivity contribution in [2.45, 2.75) is 38.6 Å². The molecular formula is C16H23FN2O2. The van der Waals surface area contributed by atoms with E-state index in [0.29, 0.717) is 13.1 Å². The predicted octanol–water partition coefficient (Wildman–Crippen LogP) is 2.53. The van der Waals surface area contributed by atoms with Crippen LogP contribution in [0, 0.1) is 5.82 Å². The number of phenolic OH excluding ortho intramolecular Hbond substituents is 1. The van der Waals surface area contributed by atoms with Crippen LogP contribution in [0.1, 0.15) is 43.0 Å². The zero-order chi connectivity index (χ0) is 15.2. The topological polar surface area (TPSA) is 52.6 Å². The summed E-state index contributed by atoms with van der Waals surface area (Å²) in [5.74, 6) is -0.983. The largest absolute Gasteiger partial charge is 0.507 e. The second kappa shape index (κ2) is 7.41. The third-order valence-corrected chi connectivity index (χ3v) is 3.82. The first-order valence-electron chi connectivity index (χ1n) is 7.63. The number of hydrogen-bond donors (Lipinski definition) is 2. The van der Waals surface area contributed by atoms with Gasteiger partial charge in [0.15, 0.2) is 0 Å². The molecule has 0 saturated carbocycles. The molecule has 2 rings (SSSR count). The maximum Gasteiger partial charge on any atom is 0.257 e. The molecule has 116 valence electrons. The summed E-state index contributed by atoms with van der Waals surface area (Å²) in [6.07, 6.45) is 4.21. The van der Waals surface area contributed by atoms with Gasteiger partial charge in [-0.2, -0.15) is 0 Å². The number of phenols is 1. The number of hydrogen-bond acceptors (Lipinski definition) is 3. The Hall–Kier alpha value is -1.62. The van der Waals surface area contributed by atoms with Crippen molar-refractivity contribution in [2.24, 2.45) is 0 Å². The molecule has 2 N–H and O–H groups in total. The number of carbonyl (C=O) groups excluding carboxylic acids is 1. The molecule has 1 fully saturated rings. The minimum absolute atomic E-state index is 0.0410. The van der Waals surface area contributed by atoms with Crippen molar-refractivity contribution in [1.29, 1.82) is 0 Å². The fourth-order valence-electron chi connectivity index (χ4n) is 2.74. The monoisotopic (exact) mass is 294 g/mol. The van der Waals surface area contributed by atoms with Gasteiger partial charge in [0.2, 0.25) is 0 Å². The zero-order valence-electron chi connectivity index (χ0n) is 12.4. The highest BCUT2D eigenvalue weighted by atomic mass is 19.1. The molecule has 21 heavy (non-hydrogen) atoms. The summed E-state index contributed by atoms with van der Waals surface area (Å²) in [6, 6.07) is 3.77. The number of amides is 1. The third kappa shape index (κ3) is 4.17. The van der Waals surface area contributed by atoms with Crippen molar-refractivity contribution in [1.82, 2.24) is 10.2 Å². The molecule has 1 amide bonds. The molecule has 0 aromatic heterocycles. The Kier molecular flexibility index (Phi) is 5.56. The maximum atomic E-state index is 13.3. The molecule has 1 atom stereocenters. The molecule has 1 saturated heterocycles. The quantitative estimate of drug-likeness (QED) is 0.877. The van der Waals surface area contributed by atoms with Gasteiger partial charge in [-0.25, -0.2) is 4.39 Å². The van der Waals surface area contributed by atoms with Crippen LogP contribution >= 0.6 is 0 Å². The van der Waals surface area contributed by atoms with E-state index in [1.54, 1.807) is 4.90 Å². The lowest BCUT2D eigenvalue weighted by molar-refractivity contribution is 0.0728. The van der Waals surface area contributed by atoms with E-state index in [4.69, 9.17) is 0 Å². The minimum atomic E-state index is -0.511. The van der Waals surface area contributed by atoms with Crippen molar-refractivity contribution < 1.29 is 14.3 Å². The maximum absolute atomic E-state index is 13.3. The van der Waals surface area contributed by atoms with Gasteiger partial charge in [-0.15, -0.1) is 0 Å². The lowest BCUT2D eigenvalue weighted by atomic mass is 10.0. The normalized spacial score (nSPS) is 18.5. The number of aromatic hydroxyl groups is 1. The van der Waals surface area contributed by atoms with Crippen LogP contribution in [0.15, 0.2) is 18.2 Å². The molecule has 1 aliphatic heterocycles. The van der Waals surface area contributed by atoms with Gasteiger partial charge in [0.1, 0.15) is 11.6 Å². The fourth-order valence-corrected chi connectivity index (χ4v) is 2.74. The number of rotatable bonds is 5. The van der Waals surface area contributed by atoms with Gasteiger partial charge in [-0.3, -0.25) is 4.79 Å². The predicted molar refractivity (Wildman–Crippen MR) is 79.9 cm³/mol. The van der Waals surface area contributed by atoms with Crippen molar-refractivity contribution in [3.8, 4) is 5.75 Å². The van der Waals surface area contributed by atoms with Crippen LogP contribution in [0.4, 0.5) is 4.39 Å². The molecule has 0 radical (unpaired) electrons. The molecule has 1 unspecified atom stereocenters. The molecule has 4 nitrogen and oxygen atoms in total. The second-order valence-electron chi connectivity index (χ2n) is 5.56. The Balaban J connectivity index is 2.12. The van der Waals surface area contributed by atoms with E-state index in [1.807, 2.05) is 6.92 Å². The van der Waals surface area contributed by atoms with E-state index in [0.717, 1.165) is 37.9 Å². The standard InChI is InChI=1S/C16H23FN2O2/c1-2-9-19(11-13-5-3-4-8-18-13)16(21)14-10-12(17)6-7-15(14)20/h6-7,10,13,18,20H,2-5,8-9,11H2,1H3. The van der Waals surface area contributed by atoms with Crippen LogP contribution in [0.3, 0.4) is 0 Å². The number of benzene rings is 1. The second-order valence-corrected chi connectivity index (χ2v) is 5.56. The van der Waals surface area contributed by atoms with Crippen LogP contribution in [-0.2, 0) is 0 Å². The van der Waals surface area contributed by atoms with Crippen LogP contribution < -0.4 is 5.32 Å². The summed E-state index contributed by atoms with van der Waals surface area (Å²) in [6.45, 7) is 4.18. The first kappa shape index (κ1) is 15.8.